The Hall–Kier alpha value is -2.02. The summed E-state index contributed by atoms with van der Waals surface area (Å²) in [5.74, 6) is 2.26. The first-order valence-corrected chi connectivity index (χ1v) is 9.69. The van der Waals surface area contributed by atoms with Gasteiger partial charge in [0, 0.05) is 12.1 Å². The highest BCUT2D eigenvalue weighted by atomic mass is 32.1. The van der Waals surface area contributed by atoms with Gasteiger partial charge in [-0.25, -0.2) is 4.98 Å². The molecule has 1 aromatic carbocycles. The Morgan fingerprint density at radius 1 is 1.20 bits per heavy atom. The zero-order valence-electron chi connectivity index (χ0n) is 13.7. The molecule has 25 heavy (non-hydrogen) atoms. The van der Waals surface area contributed by atoms with Gasteiger partial charge in [0.2, 0.25) is 5.91 Å². The minimum Gasteiger partial charge on any atom is -0.301 e. The number of fused-ring (bicyclic) bond motifs is 1. The van der Waals surface area contributed by atoms with E-state index in [0.717, 1.165) is 41.7 Å². The van der Waals surface area contributed by atoms with Gasteiger partial charge < -0.3 is 5.32 Å². The molecule has 1 amide bonds. The molecule has 130 valence electrons. The van der Waals surface area contributed by atoms with Gasteiger partial charge in [-0.1, -0.05) is 11.3 Å². The third kappa shape index (κ3) is 2.44. The maximum Gasteiger partial charge on any atom is 0.270 e. The summed E-state index contributed by atoms with van der Waals surface area (Å²) in [6, 6.07) is 4.62. The lowest BCUT2D eigenvalue weighted by atomic mass is 9.49. The van der Waals surface area contributed by atoms with Crippen molar-refractivity contribution in [3.63, 3.8) is 0 Å². The number of benzene rings is 1. The Morgan fingerprint density at radius 2 is 1.84 bits per heavy atom. The number of hydrogen-bond donors (Lipinski definition) is 1. The number of aromatic nitrogens is 1. The van der Waals surface area contributed by atoms with E-state index in [1.165, 1.54) is 42.7 Å². The summed E-state index contributed by atoms with van der Waals surface area (Å²) in [4.78, 5) is 28.0. The number of non-ortho nitro benzene ring substituents is 1. The van der Waals surface area contributed by atoms with Crippen molar-refractivity contribution in [2.75, 3.05) is 5.32 Å². The number of rotatable bonds is 3. The van der Waals surface area contributed by atoms with Gasteiger partial charge >= 0.3 is 0 Å². The minimum absolute atomic E-state index is 0.0510. The van der Waals surface area contributed by atoms with Crippen molar-refractivity contribution in [3.8, 4) is 0 Å². The molecule has 1 N–H and O–H groups in total. The van der Waals surface area contributed by atoms with E-state index in [1.54, 1.807) is 6.07 Å². The van der Waals surface area contributed by atoms with Crippen molar-refractivity contribution in [3.05, 3.63) is 28.3 Å². The minimum atomic E-state index is -0.410. The van der Waals surface area contributed by atoms with Gasteiger partial charge in [-0.15, -0.1) is 0 Å². The second-order valence-electron chi connectivity index (χ2n) is 8.08. The van der Waals surface area contributed by atoms with Gasteiger partial charge in [0.05, 0.1) is 20.6 Å². The number of nitrogens with zero attached hydrogens (tertiary/aromatic N) is 2. The lowest BCUT2D eigenvalue weighted by Gasteiger charge is -2.55. The fourth-order valence-corrected chi connectivity index (χ4v) is 6.59. The quantitative estimate of drug-likeness (QED) is 0.653. The van der Waals surface area contributed by atoms with E-state index in [1.807, 2.05) is 0 Å². The van der Waals surface area contributed by atoms with Crippen LogP contribution in [0.15, 0.2) is 18.2 Å². The Bertz CT molecular complexity index is 856. The average Bonchev–Trinajstić information content (AvgIpc) is 2.94. The molecular weight excluding hydrogens is 338 g/mol. The van der Waals surface area contributed by atoms with E-state index in [0.29, 0.717) is 10.6 Å². The van der Waals surface area contributed by atoms with Crippen LogP contribution in [0, 0.1) is 33.3 Å². The van der Waals surface area contributed by atoms with Crippen LogP contribution < -0.4 is 5.32 Å². The molecule has 4 saturated carbocycles. The van der Waals surface area contributed by atoms with Crippen molar-refractivity contribution in [2.24, 2.45) is 23.2 Å². The topological polar surface area (TPSA) is 85.1 Å². The number of nitrogens with one attached hydrogen (secondary N) is 1. The molecule has 4 fully saturated rings. The molecule has 4 aliphatic rings. The Balaban J connectivity index is 1.41. The van der Waals surface area contributed by atoms with E-state index in [9.17, 15) is 14.9 Å². The normalized spacial score (nSPS) is 32.9. The maximum atomic E-state index is 13.1. The molecule has 4 aliphatic carbocycles. The summed E-state index contributed by atoms with van der Waals surface area (Å²) < 4.78 is 0.731. The van der Waals surface area contributed by atoms with E-state index in [-0.39, 0.29) is 17.0 Å². The summed E-state index contributed by atoms with van der Waals surface area (Å²) in [5, 5.41) is 14.5. The third-order valence-corrected chi connectivity index (χ3v) is 7.26. The fraction of sp³-hybridized carbons (Fsp3) is 0.556. The number of thiazole rings is 1. The van der Waals surface area contributed by atoms with Crippen LogP contribution in [0.4, 0.5) is 10.8 Å². The van der Waals surface area contributed by atoms with Crippen LogP contribution in [0.25, 0.3) is 10.2 Å². The summed E-state index contributed by atoms with van der Waals surface area (Å²) in [7, 11) is 0. The maximum absolute atomic E-state index is 13.1. The zero-order valence-corrected chi connectivity index (χ0v) is 14.6. The number of nitro benzene ring substituents is 1. The first-order chi connectivity index (χ1) is 12.0. The van der Waals surface area contributed by atoms with E-state index < -0.39 is 4.92 Å². The monoisotopic (exact) mass is 357 g/mol. The predicted octanol–water partition coefficient (Wildman–Crippen LogP) is 4.36. The van der Waals surface area contributed by atoms with Gasteiger partial charge in [-0.3, -0.25) is 14.9 Å². The number of carbonyl (C=O) groups is 1. The summed E-state index contributed by atoms with van der Waals surface area (Å²) in [6.45, 7) is 0. The molecule has 0 aliphatic heterocycles. The standard InChI is InChI=1S/C18H19N3O3S/c22-16(18-7-10-3-11(8-18)5-12(4-10)9-18)20-17-19-14-2-1-13(21(23)24)6-15(14)25-17/h1-2,6,10-12H,3-5,7-9H2,(H,19,20,22). The molecule has 0 radical (unpaired) electrons. The van der Waals surface area contributed by atoms with Crippen LogP contribution in [-0.4, -0.2) is 15.8 Å². The number of carbonyl (C=O) groups excluding carboxylic acids is 1. The summed E-state index contributed by atoms with van der Waals surface area (Å²) >= 11 is 1.31. The van der Waals surface area contributed by atoms with Crippen molar-refractivity contribution in [1.29, 1.82) is 0 Å². The third-order valence-electron chi connectivity index (χ3n) is 6.32. The smallest absolute Gasteiger partial charge is 0.270 e. The molecular formula is C18H19N3O3S. The van der Waals surface area contributed by atoms with Crippen LogP contribution in [0.2, 0.25) is 0 Å². The molecule has 0 unspecified atom stereocenters. The van der Waals surface area contributed by atoms with Crippen LogP contribution in [0.3, 0.4) is 0 Å². The summed E-state index contributed by atoms with van der Waals surface area (Å²) in [6.07, 6.45) is 6.95. The van der Waals surface area contributed by atoms with Gasteiger partial charge in [0.1, 0.15) is 0 Å². The highest BCUT2D eigenvalue weighted by Crippen LogP contribution is 2.60. The number of hydrogen-bond acceptors (Lipinski definition) is 5. The number of nitro groups is 1. The number of amides is 1. The lowest BCUT2D eigenvalue weighted by Crippen LogP contribution is -2.51. The molecule has 0 saturated heterocycles. The van der Waals surface area contributed by atoms with Gasteiger partial charge in [-0.05, 0) is 62.3 Å². The molecule has 6 rings (SSSR count). The van der Waals surface area contributed by atoms with E-state index in [2.05, 4.69) is 10.3 Å². The Labute approximate surface area is 148 Å². The van der Waals surface area contributed by atoms with Gasteiger partial charge in [0.25, 0.3) is 5.69 Å². The van der Waals surface area contributed by atoms with Crippen LogP contribution in [-0.2, 0) is 4.79 Å². The van der Waals surface area contributed by atoms with E-state index >= 15 is 0 Å². The highest BCUT2D eigenvalue weighted by molar-refractivity contribution is 7.22. The van der Waals surface area contributed by atoms with Crippen LogP contribution in [0.5, 0.6) is 0 Å². The van der Waals surface area contributed by atoms with Crippen molar-refractivity contribution in [1.82, 2.24) is 4.98 Å². The van der Waals surface area contributed by atoms with Gasteiger partial charge in [-0.2, -0.15) is 0 Å². The zero-order chi connectivity index (χ0) is 17.2. The molecule has 0 atom stereocenters. The van der Waals surface area contributed by atoms with E-state index in [4.69, 9.17) is 0 Å². The first-order valence-electron chi connectivity index (χ1n) is 8.87. The molecule has 1 aromatic heterocycles. The van der Waals surface area contributed by atoms with Crippen LogP contribution >= 0.6 is 11.3 Å². The predicted molar refractivity (Wildman–Crippen MR) is 95.5 cm³/mol. The van der Waals surface area contributed by atoms with Crippen molar-refractivity contribution in [2.45, 2.75) is 38.5 Å². The lowest BCUT2D eigenvalue weighted by molar-refractivity contribution is -0.384. The van der Waals surface area contributed by atoms with Crippen LogP contribution in [0.1, 0.15) is 38.5 Å². The average molecular weight is 357 g/mol. The molecule has 6 nitrogen and oxygen atoms in total. The molecule has 4 bridgehead atoms. The first kappa shape index (κ1) is 15.3. The highest BCUT2D eigenvalue weighted by Gasteiger charge is 2.54. The molecule has 2 aromatic rings. The van der Waals surface area contributed by atoms with Crippen molar-refractivity contribution >= 4 is 38.3 Å². The summed E-state index contributed by atoms with van der Waals surface area (Å²) in [5.41, 5.74) is 0.532. The van der Waals surface area contributed by atoms with Crippen molar-refractivity contribution < 1.29 is 9.72 Å². The molecule has 0 spiro atoms. The Morgan fingerprint density at radius 3 is 2.44 bits per heavy atom. The van der Waals surface area contributed by atoms with Gasteiger partial charge in [0.15, 0.2) is 5.13 Å². The second-order valence-corrected chi connectivity index (χ2v) is 9.11. The molecule has 1 heterocycles. The number of anilines is 1. The largest absolute Gasteiger partial charge is 0.301 e. The SMILES string of the molecule is O=C(Nc1nc2ccc([N+](=O)[O-])cc2s1)C12CC3CC(CC(C3)C1)C2. The Kier molecular flexibility index (Phi) is 3.20. The second kappa shape index (κ2) is 5.24. The fourth-order valence-electron chi connectivity index (χ4n) is 5.70. The molecule has 7 heteroatoms.